The number of ether oxygens (including phenoxy) is 1. The molecule has 7 heteroatoms. The number of amides is 1. The first kappa shape index (κ1) is 13.4. The number of hydrogen-bond donors (Lipinski definition) is 2. The standard InChI is InChI=1S/C14H11ClN4O2/c1-21-13-5-3-9(15)7-12(13)16-14(20)8-2-4-10-11(6-8)18-19-17-10/h2-7H,1H3,(H,16,20)(H,17,18,19). The Balaban J connectivity index is 1.90. The van der Waals surface area contributed by atoms with E-state index in [1.165, 1.54) is 7.11 Å². The molecule has 0 bridgehead atoms. The number of carbonyl (C=O) groups is 1. The molecule has 3 rings (SSSR count). The number of nitrogens with one attached hydrogen (secondary N) is 2. The summed E-state index contributed by atoms with van der Waals surface area (Å²) in [5, 5.41) is 13.7. The van der Waals surface area contributed by atoms with Crippen LogP contribution in [-0.2, 0) is 0 Å². The molecule has 0 spiro atoms. The van der Waals surface area contributed by atoms with E-state index in [2.05, 4.69) is 20.7 Å². The highest BCUT2D eigenvalue weighted by molar-refractivity contribution is 6.31. The Morgan fingerprint density at radius 1 is 1.19 bits per heavy atom. The molecule has 6 nitrogen and oxygen atoms in total. The summed E-state index contributed by atoms with van der Waals surface area (Å²) in [7, 11) is 1.53. The second-order valence-electron chi connectivity index (χ2n) is 4.33. The van der Waals surface area contributed by atoms with Crippen molar-refractivity contribution in [3.05, 3.63) is 47.0 Å². The lowest BCUT2D eigenvalue weighted by Crippen LogP contribution is -2.12. The third-order valence-corrected chi connectivity index (χ3v) is 3.22. The molecule has 2 aromatic carbocycles. The molecular weight excluding hydrogens is 292 g/mol. The normalized spacial score (nSPS) is 10.6. The highest BCUT2D eigenvalue weighted by Gasteiger charge is 2.11. The second-order valence-corrected chi connectivity index (χ2v) is 4.76. The predicted octanol–water partition coefficient (Wildman–Crippen LogP) is 2.87. The highest BCUT2D eigenvalue weighted by atomic mass is 35.5. The molecule has 1 aromatic heterocycles. The van der Waals surface area contributed by atoms with Gasteiger partial charge >= 0.3 is 0 Å². The summed E-state index contributed by atoms with van der Waals surface area (Å²) >= 11 is 5.94. The molecule has 0 radical (unpaired) electrons. The number of halogens is 1. The van der Waals surface area contributed by atoms with Crippen molar-refractivity contribution in [1.29, 1.82) is 0 Å². The fourth-order valence-electron chi connectivity index (χ4n) is 1.95. The van der Waals surface area contributed by atoms with Crippen LogP contribution in [0.3, 0.4) is 0 Å². The van der Waals surface area contributed by atoms with Gasteiger partial charge in [0, 0.05) is 10.6 Å². The number of anilines is 1. The Bertz CT molecular complexity index is 816. The fourth-order valence-corrected chi connectivity index (χ4v) is 2.13. The van der Waals surface area contributed by atoms with Crippen LogP contribution >= 0.6 is 11.6 Å². The topological polar surface area (TPSA) is 79.9 Å². The SMILES string of the molecule is COc1ccc(Cl)cc1NC(=O)c1ccc2n[nH]nc2c1. The first-order valence-electron chi connectivity index (χ1n) is 6.13. The lowest BCUT2D eigenvalue weighted by atomic mass is 10.2. The minimum absolute atomic E-state index is 0.277. The van der Waals surface area contributed by atoms with E-state index in [4.69, 9.17) is 16.3 Å². The largest absolute Gasteiger partial charge is 0.495 e. The van der Waals surface area contributed by atoms with Crippen LogP contribution in [0.1, 0.15) is 10.4 Å². The molecule has 0 aliphatic carbocycles. The molecule has 0 atom stereocenters. The van der Waals surface area contributed by atoms with Crippen molar-refractivity contribution in [1.82, 2.24) is 15.4 Å². The number of rotatable bonds is 3. The van der Waals surface area contributed by atoms with Gasteiger partial charge in [-0.3, -0.25) is 4.79 Å². The summed E-state index contributed by atoms with van der Waals surface area (Å²) in [6.45, 7) is 0. The molecule has 2 N–H and O–H groups in total. The number of fused-ring (bicyclic) bond motifs is 1. The van der Waals surface area contributed by atoms with Crippen LogP contribution in [0.25, 0.3) is 11.0 Å². The maximum Gasteiger partial charge on any atom is 0.255 e. The Labute approximate surface area is 125 Å². The molecule has 3 aromatic rings. The van der Waals surface area contributed by atoms with E-state index >= 15 is 0 Å². The number of methoxy groups -OCH3 is 1. The van der Waals surface area contributed by atoms with Crippen LogP contribution in [0.5, 0.6) is 5.75 Å². The summed E-state index contributed by atoms with van der Waals surface area (Å²) in [6, 6.07) is 10.1. The monoisotopic (exact) mass is 302 g/mol. The number of carbonyl (C=O) groups excluding carboxylic acids is 1. The number of aromatic amines is 1. The molecule has 0 fully saturated rings. The minimum Gasteiger partial charge on any atom is -0.495 e. The van der Waals surface area contributed by atoms with Crippen molar-refractivity contribution in [2.45, 2.75) is 0 Å². The van der Waals surface area contributed by atoms with Gasteiger partial charge < -0.3 is 10.1 Å². The van der Waals surface area contributed by atoms with E-state index < -0.39 is 0 Å². The third kappa shape index (κ3) is 2.66. The van der Waals surface area contributed by atoms with Crippen molar-refractivity contribution >= 4 is 34.2 Å². The van der Waals surface area contributed by atoms with Gasteiger partial charge in [-0.25, -0.2) is 0 Å². The Kier molecular flexibility index (Phi) is 3.45. The summed E-state index contributed by atoms with van der Waals surface area (Å²) in [5.74, 6) is 0.260. The molecule has 21 heavy (non-hydrogen) atoms. The van der Waals surface area contributed by atoms with Crippen LogP contribution in [-0.4, -0.2) is 28.4 Å². The number of benzene rings is 2. The van der Waals surface area contributed by atoms with Crippen LogP contribution in [0.4, 0.5) is 5.69 Å². The van der Waals surface area contributed by atoms with Gasteiger partial charge in [0.1, 0.15) is 16.8 Å². The minimum atomic E-state index is -0.277. The summed E-state index contributed by atoms with van der Waals surface area (Å²) in [4.78, 5) is 12.3. The van der Waals surface area contributed by atoms with E-state index in [1.807, 2.05) is 0 Å². The molecular formula is C14H11ClN4O2. The molecule has 0 unspecified atom stereocenters. The summed E-state index contributed by atoms with van der Waals surface area (Å²) < 4.78 is 5.19. The zero-order valence-electron chi connectivity index (χ0n) is 11.1. The Hall–Kier alpha value is -2.60. The van der Waals surface area contributed by atoms with Crippen LogP contribution in [0, 0.1) is 0 Å². The van der Waals surface area contributed by atoms with Gasteiger partial charge in [-0.2, -0.15) is 15.4 Å². The number of hydrogen-bond acceptors (Lipinski definition) is 4. The quantitative estimate of drug-likeness (QED) is 0.779. The summed E-state index contributed by atoms with van der Waals surface area (Å²) in [5.41, 5.74) is 2.31. The van der Waals surface area contributed by atoms with E-state index in [0.29, 0.717) is 33.1 Å². The Morgan fingerprint density at radius 2 is 2.00 bits per heavy atom. The lowest BCUT2D eigenvalue weighted by Gasteiger charge is -2.10. The zero-order chi connectivity index (χ0) is 14.8. The third-order valence-electron chi connectivity index (χ3n) is 2.99. The van der Waals surface area contributed by atoms with Gasteiger partial charge in [-0.15, -0.1) is 0 Å². The van der Waals surface area contributed by atoms with Gasteiger partial charge in [0.2, 0.25) is 0 Å². The average molecular weight is 303 g/mol. The molecule has 0 saturated heterocycles. The van der Waals surface area contributed by atoms with Gasteiger partial charge in [-0.05, 0) is 36.4 Å². The number of aromatic nitrogens is 3. The lowest BCUT2D eigenvalue weighted by molar-refractivity contribution is 0.102. The molecule has 0 aliphatic rings. The van der Waals surface area contributed by atoms with Crippen LogP contribution in [0.15, 0.2) is 36.4 Å². The van der Waals surface area contributed by atoms with E-state index in [1.54, 1.807) is 36.4 Å². The van der Waals surface area contributed by atoms with Crippen LogP contribution < -0.4 is 10.1 Å². The fraction of sp³-hybridized carbons (Fsp3) is 0.0714. The molecule has 106 valence electrons. The Morgan fingerprint density at radius 3 is 2.81 bits per heavy atom. The van der Waals surface area contributed by atoms with Gasteiger partial charge in [0.05, 0.1) is 12.8 Å². The highest BCUT2D eigenvalue weighted by Crippen LogP contribution is 2.28. The second kappa shape index (κ2) is 5.41. The molecule has 0 aliphatic heterocycles. The summed E-state index contributed by atoms with van der Waals surface area (Å²) in [6.07, 6.45) is 0. The molecule has 1 amide bonds. The molecule has 1 heterocycles. The number of nitrogens with zero attached hydrogens (tertiary/aromatic N) is 2. The van der Waals surface area contributed by atoms with Gasteiger partial charge in [-0.1, -0.05) is 11.6 Å². The zero-order valence-corrected chi connectivity index (χ0v) is 11.8. The van der Waals surface area contributed by atoms with Crippen molar-refractivity contribution < 1.29 is 9.53 Å². The maximum atomic E-state index is 12.3. The van der Waals surface area contributed by atoms with E-state index in [9.17, 15) is 4.79 Å². The van der Waals surface area contributed by atoms with Crippen molar-refractivity contribution in [3.8, 4) is 5.75 Å². The molecule has 0 saturated carbocycles. The average Bonchev–Trinajstić information content (AvgIpc) is 2.94. The van der Waals surface area contributed by atoms with Gasteiger partial charge in [0.25, 0.3) is 5.91 Å². The first-order chi connectivity index (χ1) is 10.2. The number of H-pyrrole nitrogens is 1. The first-order valence-corrected chi connectivity index (χ1v) is 6.50. The predicted molar refractivity (Wildman–Crippen MR) is 79.8 cm³/mol. The maximum absolute atomic E-state index is 12.3. The van der Waals surface area contributed by atoms with Crippen LogP contribution in [0.2, 0.25) is 5.02 Å². The van der Waals surface area contributed by atoms with E-state index in [-0.39, 0.29) is 5.91 Å². The van der Waals surface area contributed by atoms with Gasteiger partial charge in [0.15, 0.2) is 0 Å². The van der Waals surface area contributed by atoms with Crippen molar-refractivity contribution in [2.75, 3.05) is 12.4 Å². The van der Waals surface area contributed by atoms with E-state index in [0.717, 1.165) is 0 Å². The van der Waals surface area contributed by atoms with Crippen molar-refractivity contribution in [3.63, 3.8) is 0 Å². The van der Waals surface area contributed by atoms with Crippen molar-refractivity contribution in [2.24, 2.45) is 0 Å². The smallest absolute Gasteiger partial charge is 0.255 e.